The van der Waals surface area contributed by atoms with Gasteiger partial charge >= 0.3 is 0 Å². The molecule has 0 spiro atoms. The van der Waals surface area contributed by atoms with Crippen molar-refractivity contribution < 1.29 is 0 Å². The molecule has 0 fully saturated rings. The molecule has 0 N–H and O–H groups in total. The molecule has 128 valence electrons. The molecular weight excluding hydrogens is 304 g/mol. The Kier molecular flexibility index (Phi) is 3.99. The van der Waals surface area contributed by atoms with E-state index in [-0.39, 0.29) is 0 Å². The first-order valence-electron chi connectivity index (χ1n) is 9.22. The molecule has 2 heteroatoms. The Balaban J connectivity index is 1.83. The Labute approximate surface area is 150 Å². The second-order valence-corrected chi connectivity index (χ2v) is 7.57. The molecule has 1 aliphatic rings. The largest absolute Gasteiger partial charge is 0.339 e. The van der Waals surface area contributed by atoms with Gasteiger partial charge in [-0.3, -0.25) is 4.99 Å². The topological polar surface area (TPSA) is 17.3 Å². The number of rotatable bonds is 2. The van der Waals surface area contributed by atoms with E-state index in [2.05, 4.69) is 74.7 Å². The number of benzene rings is 2. The second kappa shape index (κ2) is 6.18. The smallest absolute Gasteiger partial charge is 0.0643 e. The summed E-state index contributed by atoms with van der Waals surface area (Å²) in [6.07, 6.45) is 1.07. The third kappa shape index (κ3) is 2.80. The molecular formula is C23H26N2. The fourth-order valence-electron chi connectivity index (χ4n) is 3.99. The number of aromatic nitrogens is 1. The molecule has 0 saturated carbocycles. The predicted octanol–water partition coefficient (Wildman–Crippen LogP) is 5.60. The lowest BCUT2D eigenvalue weighted by molar-refractivity contribution is 0.485. The molecule has 3 aromatic rings. The van der Waals surface area contributed by atoms with Gasteiger partial charge in [0.25, 0.3) is 0 Å². The Hall–Kier alpha value is -2.35. The summed E-state index contributed by atoms with van der Waals surface area (Å²) in [5.74, 6) is 0.625. The van der Waals surface area contributed by atoms with E-state index in [0.717, 1.165) is 19.5 Å². The van der Waals surface area contributed by atoms with Gasteiger partial charge in [-0.05, 0) is 67.5 Å². The molecule has 4 rings (SSSR count). The van der Waals surface area contributed by atoms with Crippen molar-refractivity contribution in [1.82, 2.24) is 4.57 Å². The summed E-state index contributed by atoms with van der Waals surface area (Å²) in [5, 5.41) is 1.39. The van der Waals surface area contributed by atoms with Gasteiger partial charge in [0.15, 0.2) is 0 Å². The maximum absolute atomic E-state index is 5.01. The first-order chi connectivity index (χ1) is 12.0. The van der Waals surface area contributed by atoms with Gasteiger partial charge in [0, 0.05) is 17.4 Å². The maximum Gasteiger partial charge on any atom is 0.0643 e. The van der Waals surface area contributed by atoms with Crippen molar-refractivity contribution >= 4 is 16.6 Å². The highest BCUT2D eigenvalue weighted by Gasteiger charge is 2.24. The van der Waals surface area contributed by atoms with Gasteiger partial charge in [-0.25, -0.2) is 0 Å². The van der Waals surface area contributed by atoms with E-state index in [9.17, 15) is 0 Å². The summed E-state index contributed by atoms with van der Waals surface area (Å²) in [7, 11) is 0. The number of fused-ring (bicyclic) bond motifs is 3. The van der Waals surface area contributed by atoms with Crippen LogP contribution in [0.15, 0.2) is 47.5 Å². The van der Waals surface area contributed by atoms with Crippen LogP contribution in [0.3, 0.4) is 0 Å². The van der Waals surface area contributed by atoms with Crippen LogP contribution in [0, 0.1) is 26.7 Å². The van der Waals surface area contributed by atoms with Crippen LogP contribution in [0.2, 0.25) is 0 Å². The number of hydrogen-bond donors (Lipinski definition) is 0. The van der Waals surface area contributed by atoms with Crippen LogP contribution in [0.25, 0.3) is 10.9 Å². The summed E-state index contributed by atoms with van der Waals surface area (Å²) in [4.78, 5) is 5.01. The third-order valence-corrected chi connectivity index (χ3v) is 5.68. The number of hydrogen-bond acceptors (Lipinski definition) is 1. The van der Waals surface area contributed by atoms with Gasteiger partial charge in [0.1, 0.15) is 0 Å². The highest BCUT2D eigenvalue weighted by molar-refractivity contribution is 6.05. The molecule has 2 nitrogen and oxygen atoms in total. The zero-order valence-electron chi connectivity index (χ0n) is 15.6. The Bertz CT molecular complexity index is 961. The zero-order chi connectivity index (χ0) is 17.6. The molecule has 0 bridgehead atoms. The van der Waals surface area contributed by atoms with E-state index in [1.54, 1.807) is 0 Å². The SMILES string of the molecule is Cc1cc2c(cc3n2CC(C)CC3=NCc2ccccc2)c(C)c1C. The van der Waals surface area contributed by atoms with Gasteiger partial charge in [-0.2, -0.15) is 0 Å². The predicted molar refractivity (Wildman–Crippen MR) is 107 cm³/mol. The van der Waals surface area contributed by atoms with Gasteiger partial charge < -0.3 is 4.57 Å². The summed E-state index contributed by atoms with van der Waals surface area (Å²) in [6.45, 7) is 10.9. The molecule has 0 saturated heterocycles. The molecule has 1 atom stereocenters. The average molecular weight is 330 g/mol. The molecule has 1 unspecified atom stereocenters. The van der Waals surface area contributed by atoms with Gasteiger partial charge in [-0.15, -0.1) is 0 Å². The van der Waals surface area contributed by atoms with Crippen molar-refractivity contribution in [2.45, 2.75) is 47.2 Å². The van der Waals surface area contributed by atoms with Gasteiger partial charge in [0.05, 0.1) is 18.0 Å². The Morgan fingerprint density at radius 1 is 1.04 bits per heavy atom. The quantitative estimate of drug-likeness (QED) is 0.582. The van der Waals surface area contributed by atoms with Crippen molar-refractivity contribution in [3.8, 4) is 0 Å². The number of aliphatic imine (C=N–C) groups is 1. The van der Waals surface area contributed by atoms with Crippen LogP contribution < -0.4 is 0 Å². The van der Waals surface area contributed by atoms with Crippen LogP contribution >= 0.6 is 0 Å². The second-order valence-electron chi connectivity index (χ2n) is 7.57. The zero-order valence-corrected chi connectivity index (χ0v) is 15.6. The minimum absolute atomic E-state index is 0.625. The summed E-state index contributed by atoms with van der Waals surface area (Å²) in [6, 6.07) is 15.3. The molecule has 0 amide bonds. The van der Waals surface area contributed by atoms with Crippen LogP contribution in [0.1, 0.15) is 41.3 Å². The van der Waals surface area contributed by atoms with Crippen molar-refractivity contribution in [3.63, 3.8) is 0 Å². The summed E-state index contributed by atoms with van der Waals surface area (Å²) in [5.41, 5.74) is 9.42. The van der Waals surface area contributed by atoms with Crippen molar-refractivity contribution in [2.24, 2.45) is 10.9 Å². The molecule has 25 heavy (non-hydrogen) atoms. The summed E-state index contributed by atoms with van der Waals surface area (Å²) >= 11 is 0. The van der Waals surface area contributed by atoms with E-state index < -0.39 is 0 Å². The molecule has 2 heterocycles. The molecule has 1 aliphatic heterocycles. The van der Waals surface area contributed by atoms with Crippen LogP contribution in [0.4, 0.5) is 0 Å². The number of aryl methyl sites for hydroxylation is 2. The third-order valence-electron chi connectivity index (χ3n) is 5.68. The molecule has 0 aliphatic carbocycles. The van der Waals surface area contributed by atoms with E-state index >= 15 is 0 Å². The lowest BCUT2D eigenvalue weighted by Crippen LogP contribution is -2.23. The maximum atomic E-state index is 5.01. The fourth-order valence-corrected chi connectivity index (χ4v) is 3.99. The fraction of sp³-hybridized carbons (Fsp3) is 0.348. The highest BCUT2D eigenvalue weighted by atomic mass is 15.0. The van der Waals surface area contributed by atoms with E-state index in [1.165, 1.54) is 44.6 Å². The Morgan fingerprint density at radius 2 is 1.80 bits per heavy atom. The van der Waals surface area contributed by atoms with Crippen molar-refractivity contribution in [1.29, 1.82) is 0 Å². The lowest BCUT2D eigenvalue weighted by Gasteiger charge is -2.24. The van der Waals surface area contributed by atoms with E-state index in [4.69, 9.17) is 4.99 Å². The average Bonchev–Trinajstić information content (AvgIpc) is 2.97. The molecule has 0 radical (unpaired) electrons. The van der Waals surface area contributed by atoms with Gasteiger partial charge in [0.2, 0.25) is 0 Å². The lowest BCUT2D eigenvalue weighted by atomic mass is 9.98. The molecule has 1 aromatic heterocycles. The minimum Gasteiger partial charge on any atom is -0.339 e. The van der Waals surface area contributed by atoms with Gasteiger partial charge in [-0.1, -0.05) is 37.3 Å². The van der Waals surface area contributed by atoms with Crippen molar-refractivity contribution in [2.75, 3.05) is 0 Å². The minimum atomic E-state index is 0.625. The van der Waals surface area contributed by atoms with Crippen LogP contribution in [-0.2, 0) is 13.1 Å². The van der Waals surface area contributed by atoms with Crippen LogP contribution in [0.5, 0.6) is 0 Å². The first-order valence-corrected chi connectivity index (χ1v) is 9.22. The summed E-state index contributed by atoms with van der Waals surface area (Å²) < 4.78 is 2.49. The van der Waals surface area contributed by atoms with E-state index in [1.807, 2.05) is 0 Å². The number of nitrogens with zero attached hydrogens (tertiary/aromatic N) is 2. The van der Waals surface area contributed by atoms with Crippen LogP contribution in [-0.4, -0.2) is 10.3 Å². The normalized spacial score (nSPS) is 18.7. The Morgan fingerprint density at radius 3 is 2.56 bits per heavy atom. The van der Waals surface area contributed by atoms with Crippen molar-refractivity contribution in [3.05, 3.63) is 70.4 Å². The van der Waals surface area contributed by atoms with E-state index in [0.29, 0.717) is 5.92 Å². The monoisotopic (exact) mass is 330 g/mol. The highest BCUT2D eigenvalue weighted by Crippen LogP contribution is 2.32. The first kappa shape index (κ1) is 16.1. The molecule has 2 aromatic carbocycles. The standard InChI is InChI=1S/C23H26N2/c1-15-10-21(24-13-19-8-6-5-7-9-19)23-12-20-18(4)17(3)16(2)11-22(20)25(23)14-15/h5-9,11-12,15H,10,13-14H2,1-4H3.